The summed E-state index contributed by atoms with van der Waals surface area (Å²) < 4.78 is 27.5. The minimum atomic E-state index is -3.42. The average molecular weight is 303 g/mol. The van der Waals surface area contributed by atoms with E-state index in [1.807, 2.05) is 0 Å². The molecule has 0 aliphatic carbocycles. The minimum Gasteiger partial charge on any atom is -0.497 e. The van der Waals surface area contributed by atoms with Gasteiger partial charge in [0.1, 0.15) is 17.5 Å². The molecule has 8 heteroatoms. The van der Waals surface area contributed by atoms with Crippen molar-refractivity contribution in [3.05, 3.63) is 24.3 Å². The van der Waals surface area contributed by atoms with Crippen LogP contribution in [0.4, 0.5) is 0 Å². The Hall–Kier alpha value is -1.56. The Morgan fingerprint density at radius 2 is 1.85 bits per heavy atom. The van der Waals surface area contributed by atoms with Crippen molar-refractivity contribution in [2.24, 2.45) is 5.73 Å². The van der Waals surface area contributed by atoms with Gasteiger partial charge in [-0.1, -0.05) is 0 Å². The molecule has 0 bridgehead atoms. The Labute approximate surface area is 117 Å². The lowest BCUT2D eigenvalue weighted by Crippen LogP contribution is -2.31. The zero-order chi connectivity index (χ0) is 15.2. The standard InChI is InChI=1S/C12H18NO6P/c1-17-9-3-5-10(6-4-9)19-20(16,18-2)8-7-11(13)12(14)15/h3-6,11H,7-8,13H2,1-2H3,(H,14,15). The summed E-state index contributed by atoms with van der Waals surface area (Å²) in [6.07, 6.45) is -0.0837. The zero-order valence-corrected chi connectivity index (χ0v) is 12.2. The first-order valence-electron chi connectivity index (χ1n) is 5.87. The second kappa shape index (κ2) is 7.28. The van der Waals surface area contributed by atoms with Gasteiger partial charge in [0.2, 0.25) is 0 Å². The fourth-order valence-corrected chi connectivity index (χ4v) is 2.78. The third-order valence-corrected chi connectivity index (χ3v) is 4.46. The molecule has 0 spiro atoms. The van der Waals surface area contributed by atoms with E-state index in [1.54, 1.807) is 24.3 Å². The first-order valence-corrected chi connectivity index (χ1v) is 7.60. The van der Waals surface area contributed by atoms with Crippen LogP contribution in [0.2, 0.25) is 0 Å². The van der Waals surface area contributed by atoms with E-state index < -0.39 is 19.6 Å². The third-order valence-electron chi connectivity index (χ3n) is 2.61. The second-order valence-electron chi connectivity index (χ2n) is 4.02. The first kappa shape index (κ1) is 16.5. The lowest BCUT2D eigenvalue weighted by molar-refractivity contribution is -0.138. The van der Waals surface area contributed by atoms with E-state index in [4.69, 9.17) is 24.6 Å². The maximum absolute atomic E-state index is 12.3. The number of ether oxygens (including phenoxy) is 1. The van der Waals surface area contributed by atoms with Gasteiger partial charge < -0.3 is 24.6 Å². The van der Waals surface area contributed by atoms with E-state index in [-0.39, 0.29) is 12.6 Å². The lowest BCUT2D eigenvalue weighted by Gasteiger charge is -2.18. The third kappa shape index (κ3) is 4.85. The zero-order valence-electron chi connectivity index (χ0n) is 11.3. The van der Waals surface area contributed by atoms with Crippen LogP contribution in [0.15, 0.2) is 24.3 Å². The molecule has 3 N–H and O–H groups in total. The van der Waals surface area contributed by atoms with Gasteiger partial charge in [-0.15, -0.1) is 0 Å². The predicted molar refractivity (Wildman–Crippen MR) is 73.3 cm³/mol. The number of nitrogens with two attached hydrogens (primary N) is 1. The van der Waals surface area contributed by atoms with Crippen molar-refractivity contribution in [1.82, 2.24) is 0 Å². The molecule has 2 atom stereocenters. The van der Waals surface area contributed by atoms with E-state index >= 15 is 0 Å². The summed E-state index contributed by atoms with van der Waals surface area (Å²) in [5, 5.41) is 8.69. The molecule has 0 heterocycles. The molecule has 0 aromatic heterocycles. The second-order valence-corrected chi connectivity index (χ2v) is 6.23. The summed E-state index contributed by atoms with van der Waals surface area (Å²) in [6, 6.07) is 5.37. The Kier molecular flexibility index (Phi) is 6.01. The molecule has 0 saturated heterocycles. The fraction of sp³-hybridized carbons (Fsp3) is 0.417. The monoisotopic (exact) mass is 303 g/mol. The highest BCUT2D eigenvalue weighted by Crippen LogP contribution is 2.48. The number of carboxylic acids is 1. The van der Waals surface area contributed by atoms with Gasteiger partial charge in [0.05, 0.1) is 13.3 Å². The Morgan fingerprint density at radius 1 is 1.30 bits per heavy atom. The molecule has 7 nitrogen and oxygen atoms in total. The number of hydrogen-bond donors (Lipinski definition) is 2. The van der Waals surface area contributed by atoms with Crippen molar-refractivity contribution < 1.29 is 28.3 Å². The van der Waals surface area contributed by atoms with Crippen LogP contribution >= 0.6 is 7.60 Å². The topological polar surface area (TPSA) is 108 Å². The largest absolute Gasteiger partial charge is 0.497 e. The van der Waals surface area contributed by atoms with Gasteiger partial charge >= 0.3 is 13.6 Å². The molecule has 0 fully saturated rings. The fourth-order valence-electron chi connectivity index (χ4n) is 1.39. The molecule has 20 heavy (non-hydrogen) atoms. The van der Waals surface area contributed by atoms with Gasteiger partial charge in [-0.25, -0.2) is 4.57 Å². The first-order chi connectivity index (χ1) is 9.40. The van der Waals surface area contributed by atoms with Crippen LogP contribution in [0.3, 0.4) is 0 Å². The molecular weight excluding hydrogens is 285 g/mol. The van der Waals surface area contributed by atoms with Gasteiger partial charge in [-0.2, -0.15) is 0 Å². The van der Waals surface area contributed by atoms with Crippen LogP contribution in [0.5, 0.6) is 11.5 Å². The van der Waals surface area contributed by atoms with Crippen LogP contribution in [0.1, 0.15) is 6.42 Å². The highest BCUT2D eigenvalue weighted by atomic mass is 31.2. The van der Waals surface area contributed by atoms with Gasteiger partial charge in [-0.05, 0) is 30.7 Å². The summed E-state index contributed by atoms with van der Waals surface area (Å²) in [7, 11) is -0.646. The SMILES string of the molecule is COc1ccc(OP(=O)(CCC(N)C(=O)O)OC)cc1. The maximum atomic E-state index is 12.3. The number of hydrogen-bond acceptors (Lipinski definition) is 6. The van der Waals surface area contributed by atoms with Gasteiger partial charge in [0.25, 0.3) is 0 Å². The van der Waals surface area contributed by atoms with Crippen molar-refractivity contribution in [2.45, 2.75) is 12.5 Å². The maximum Gasteiger partial charge on any atom is 0.378 e. The lowest BCUT2D eigenvalue weighted by atomic mass is 10.2. The normalized spacial score (nSPS) is 15.2. The van der Waals surface area contributed by atoms with Crippen LogP contribution < -0.4 is 15.0 Å². The smallest absolute Gasteiger partial charge is 0.378 e. The number of rotatable bonds is 8. The van der Waals surface area contributed by atoms with Gasteiger partial charge in [-0.3, -0.25) is 4.79 Å². The van der Waals surface area contributed by atoms with Crippen LogP contribution in [-0.2, 0) is 13.9 Å². The molecule has 1 rings (SSSR count). The molecule has 1 aromatic rings. The van der Waals surface area contributed by atoms with Gasteiger partial charge in [0, 0.05) is 7.11 Å². The number of carbonyl (C=O) groups is 1. The summed E-state index contributed by atoms with van der Waals surface area (Å²) in [6.45, 7) is 0. The van der Waals surface area contributed by atoms with Crippen LogP contribution in [-0.4, -0.2) is 37.5 Å². The summed E-state index contributed by atoms with van der Waals surface area (Å²) in [5.41, 5.74) is 5.36. The van der Waals surface area contributed by atoms with E-state index in [2.05, 4.69) is 0 Å². The van der Waals surface area contributed by atoms with E-state index in [1.165, 1.54) is 14.2 Å². The van der Waals surface area contributed by atoms with Crippen LogP contribution in [0, 0.1) is 0 Å². The van der Waals surface area contributed by atoms with Crippen molar-refractivity contribution in [2.75, 3.05) is 20.4 Å². The predicted octanol–water partition coefficient (Wildman–Crippen LogP) is 1.72. The number of benzene rings is 1. The molecule has 112 valence electrons. The molecule has 1 aromatic carbocycles. The number of methoxy groups -OCH3 is 1. The summed E-state index contributed by atoms with van der Waals surface area (Å²) in [4.78, 5) is 10.6. The molecule has 0 saturated carbocycles. The van der Waals surface area contributed by atoms with Crippen molar-refractivity contribution in [3.63, 3.8) is 0 Å². The Bertz CT molecular complexity index is 489. The number of carboxylic acid groups (broad SMARTS) is 1. The van der Waals surface area contributed by atoms with Crippen LogP contribution in [0.25, 0.3) is 0 Å². The van der Waals surface area contributed by atoms with Crippen molar-refractivity contribution >= 4 is 13.6 Å². The molecule has 0 radical (unpaired) electrons. The number of aliphatic carboxylic acids is 1. The van der Waals surface area contributed by atoms with Crippen molar-refractivity contribution in [1.29, 1.82) is 0 Å². The Balaban J connectivity index is 2.68. The molecule has 0 amide bonds. The summed E-state index contributed by atoms with van der Waals surface area (Å²) in [5.74, 6) is -0.172. The molecule has 2 unspecified atom stereocenters. The highest BCUT2D eigenvalue weighted by molar-refractivity contribution is 7.54. The van der Waals surface area contributed by atoms with Gasteiger partial charge in [0.15, 0.2) is 0 Å². The Morgan fingerprint density at radius 3 is 2.30 bits per heavy atom. The minimum absolute atomic E-state index is 0.00337. The summed E-state index contributed by atoms with van der Waals surface area (Å²) >= 11 is 0. The molecule has 0 aliphatic rings. The van der Waals surface area contributed by atoms with E-state index in [0.29, 0.717) is 11.5 Å². The molecule has 0 aliphatic heterocycles. The van der Waals surface area contributed by atoms with Crippen molar-refractivity contribution in [3.8, 4) is 11.5 Å². The highest BCUT2D eigenvalue weighted by Gasteiger charge is 2.27. The molecular formula is C12H18NO6P. The average Bonchev–Trinajstić information content (AvgIpc) is 2.45. The quantitative estimate of drug-likeness (QED) is 0.704. The van der Waals surface area contributed by atoms with E-state index in [9.17, 15) is 9.36 Å². The van der Waals surface area contributed by atoms with E-state index in [0.717, 1.165) is 0 Å².